The molecule has 29 heavy (non-hydrogen) atoms. The molecule has 1 aliphatic carbocycles. The maximum Gasteiger partial charge on any atom is 0.220 e. The van der Waals surface area contributed by atoms with Gasteiger partial charge in [-0.2, -0.15) is 0 Å². The van der Waals surface area contributed by atoms with Crippen LogP contribution in [0.25, 0.3) is 22.5 Å². The van der Waals surface area contributed by atoms with E-state index in [4.69, 9.17) is 0 Å². The van der Waals surface area contributed by atoms with Crippen LogP contribution in [0.4, 0.5) is 0 Å². The molecule has 0 aliphatic heterocycles. The SMILES string of the molecule is Cc1ncc(-c2ccccn2)c(-c2ccc(CNC(=O)CC3C=CCC3)cc2)n1. The van der Waals surface area contributed by atoms with E-state index in [0.29, 0.717) is 18.9 Å². The van der Waals surface area contributed by atoms with Gasteiger partial charge in [0.25, 0.3) is 0 Å². The van der Waals surface area contributed by atoms with E-state index in [1.54, 1.807) is 6.20 Å². The molecule has 1 aromatic carbocycles. The first-order chi connectivity index (χ1) is 14.2. The van der Waals surface area contributed by atoms with Crippen LogP contribution in [0.1, 0.15) is 30.7 Å². The quantitative estimate of drug-likeness (QED) is 0.636. The first kappa shape index (κ1) is 19.0. The van der Waals surface area contributed by atoms with Gasteiger partial charge in [0.15, 0.2) is 0 Å². The second kappa shape index (κ2) is 8.78. The van der Waals surface area contributed by atoms with Crippen LogP contribution in [0.5, 0.6) is 0 Å². The van der Waals surface area contributed by atoms with E-state index in [1.807, 2.05) is 55.6 Å². The minimum atomic E-state index is 0.106. The average molecular weight is 384 g/mol. The summed E-state index contributed by atoms with van der Waals surface area (Å²) >= 11 is 0. The van der Waals surface area contributed by atoms with Gasteiger partial charge in [-0.25, -0.2) is 9.97 Å². The van der Waals surface area contributed by atoms with E-state index < -0.39 is 0 Å². The number of hydrogen-bond donors (Lipinski definition) is 1. The van der Waals surface area contributed by atoms with E-state index in [9.17, 15) is 4.79 Å². The molecule has 2 aromatic heterocycles. The summed E-state index contributed by atoms with van der Waals surface area (Å²) < 4.78 is 0. The summed E-state index contributed by atoms with van der Waals surface area (Å²) in [7, 11) is 0. The Morgan fingerprint density at radius 3 is 2.72 bits per heavy atom. The van der Waals surface area contributed by atoms with E-state index in [-0.39, 0.29) is 5.91 Å². The summed E-state index contributed by atoms with van der Waals surface area (Å²) in [6, 6.07) is 13.9. The van der Waals surface area contributed by atoms with Crippen molar-refractivity contribution in [1.82, 2.24) is 20.3 Å². The molecule has 3 aromatic rings. The van der Waals surface area contributed by atoms with Crippen molar-refractivity contribution in [2.75, 3.05) is 0 Å². The number of nitrogens with one attached hydrogen (secondary N) is 1. The molecule has 1 N–H and O–H groups in total. The topological polar surface area (TPSA) is 67.8 Å². The molecule has 0 spiro atoms. The number of carbonyl (C=O) groups excluding carboxylic acids is 1. The Hall–Kier alpha value is -3.34. The predicted octanol–water partition coefficient (Wildman–Crippen LogP) is 4.49. The highest BCUT2D eigenvalue weighted by atomic mass is 16.1. The van der Waals surface area contributed by atoms with E-state index in [0.717, 1.165) is 46.7 Å². The molecular formula is C24H24N4O. The average Bonchev–Trinajstić information content (AvgIpc) is 3.26. The molecule has 5 heteroatoms. The van der Waals surface area contributed by atoms with Gasteiger partial charge in [-0.1, -0.05) is 42.5 Å². The summed E-state index contributed by atoms with van der Waals surface area (Å²) in [5, 5.41) is 3.02. The van der Waals surface area contributed by atoms with Gasteiger partial charge in [-0.05, 0) is 43.4 Å². The summed E-state index contributed by atoms with van der Waals surface area (Å²) in [6.07, 6.45) is 10.6. The lowest BCUT2D eigenvalue weighted by Gasteiger charge is -2.11. The largest absolute Gasteiger partial charge is 0.352 e. The summed E-state index contributed by atoms with van der Waals surface area (Å²) in [5.41, 5.74) is 4.68. The second-order valence-corrected chi connectivity index (χ2v) is 7.34. The summed E-state index contributed by atoms with van der Waals surface area (Å²) in [4.78, 5) is 25.6. The number of nitrogens with zero attached hydrogens (tertiary/aromatic N) is 3. The maximum absolute atomic E-state index is 12.1. The fraction of sp³-hybridized carbons (Fsp3) is 0.250. The lowest BCUT2D eigenvalue weighted by atomic mass is 10.0. The van der Waals surface area contributed by atoms with E-state index >= 15 is 0 Å². The smallest absolute Gasteiger partial charge is 0.220 e. The van der Waals surface area contributed by atoms with Crippen molar-refractivity contribution in [3.63, 3.8) is 0 Å². The molecular weight excluding hydrogens is 360 g/mol. The second-order valence-electron chi connectivity index (χ2n) is 7.34. The predicted molar refractivity (Wildman–Crippen MR) is 114 cm³/mol. The van der Waals surface area contributed by atoms with Gasteiger partial charge in [-0.15, -0.1) is 0 Å². The molecule has 0 saturated heterocycles. The summed E-state index contributed by atoms with van der Waals surface area (Å²) in [5.74, 6) is 1.22. The van der Waals surface area contributed by atoms with Crippen LogP contribution >= 0.6 is 0 Å². The minimum absolute atomic E-state index is 0.106. The Kier molecular flexibility index (Phi) is 5.75. The van der Waals surface area contributed by atoms with Crippen LogP contribution in [0.3, 0.4) is 0 Å². The van der Waals surface area contributed by atoms with Gasteiger partial charge in [-0.3, -0.25) is 9.78 Å². The van der Waals surface area contributed by atoms with Gasteiger partial charge in [0.1, 0.15) is 5.82 Å². The number of pyridine rings is 1. The fourth-order valence-electron chi connectivity index (χ4n) is 3.56. The molecule has 4 rings (SSSR count). The Morgan fingerprint density at radius 2 is 2.00 bits per heavy atom. The van der Waals surface area contributed by atoms with E-state index in [2.05, 4.69) is 32.4 Å². The Balaban J connectivity index is 1.47. The Bertz CT molecular complexity index is 1010. The lowest BCUT2D eigenvalue weighted by Crippen LogP contribution is -2.24. The van der Waals surface area contributed by atoms with Crippen molar-refractivity contribution in [3.05, 3.63) is 78.4 Å². The van der Waals surface area contributed by atoms with Crippen molar-refractivity contribution in [1.29, 1.82) is 0 Å². The normalized spacial score (nSPS) is 15.4. The monoisotopic (exact) mass is 384 g/mol. The van der Waals surface area contributed by atoms with Crippen molar-refractivity contribution >= 4 is 5.91 Å². The minimum Gasteiger partial charge on any atom is -0.352 e. The molecule has 0 radical (unpaired) electrons. The highest BCUT2D eigenvalue weighted by Gasteiger charge is 2.14. The van der Waals surface area contributed by atoms with E-state index in [1.165, 1.54) is 0 Å². The number of amides is 1. The molecule has 2 heterocycles. The number of hydrogen-bond acceptors (Lipinski definition) is 4. The fourth-order valence-corrected chi connectivity index (χ4v) is 3.56. The van der Waals surface area contributed by atoms with Crippen LogP contribution in [-0.2, 0) is 11.3 Å². The highest BCUT2D eigenvalue weighted by molar-refractivity contribution is 5.78. The lowest BCUT2D eigenvalue weighted by molar-refractivity contribution is -0.121. The van der Waals surface area contributed by atoms with Gasteiger partial charge >= 0.3 is 0 Å². The zero-order valence-corrected chi connectivity index (χ0v) is 16.5. The standard InChI is InChI=1S/C24H24N4O/c1-17-26-16-21(22-8-4-5-13-25-22)24(28-17)20-11-9-19(10-12-20)15-27-23(29)14-18-6-2-3-7-18/h2,4-6,8-13,16,18H,3,7,14-15H2,1H3,(H,27,29). The third-order valence-electron chi connectivity index (χ3n) is 5.13. The molecule has 1 aliphatic rings. The van der Waals surface area contributed by atoms with Gasteiger partial charge < -0.3 is 5.32 Å². The highest BCUT2D eigenvalue weighted by Crippen LogP contribution is 2.29. The number of allylic oxidation sites excluding steroid dienone is 2. The molecule has 146 valence electrons. The number of benzene rings is 1. The number of aryl methyl sites for hydroxylation is 1. The first-order valence-corrected chi connectivity index (χ1v) is 9.97. The van der Waals surface area contributed by atoms with Crippen LogP contribution in [0.15, 0.2) is 67.0 Å². The molecule has 0 saturated carbocycles. The van der Waals surface area contributed by atoms with Crippen molar-refractivity contribution in [3.8, 4) is 22.5 Å². The Morgan fingerprint density at radius 1 is 1.14 bits per heavy atom. The van der Waals surface area contributed by atoms with Crippen molar-refractivity contribution in [2.45, 2.75) is 32.7 Å². The first-order valence-electron chi connectivity index (χ1n) is 9.97. The van der Waals surface area contributed by atoms with Crippen molar-refractivity contribution < 1.29 is 4.79 Å². The molecule has 5 nitrogen and oxygen atoms in total. The molecule has 0 fully saturated rings. The maximum atomic E-state index is 12.1. The molecule has 1 amide bonds. The van der Waals surface area contributed by atoms with Crippen LogP contribution in [-0.4, -0.2) is 20.9 Å². The van der Waals surface area contributed by atoms with Crippen LogP contribution < -0.4 is 5.32 Å². The third-order valence-corrected chi connectivity index (χ3v) is 5.13. The number of rotatable bonds is 6. The number of carbonyl (C=O) groups is 1. The van der Waals surface area contributed by atoms with Crippen LogP contribution in [0, 0.1) is 12.8 Å². The van der Waals surface area contributed by atoms with Gasteiger partial charge in [0, 0.05) is 36.5 Å². The Labute approximate surface area is 171 Å². The van der Waals surface area contributed by atoms with Crippen LogP contribution in [0.2, 0.25) is 0 Å². The van der Waals surface area contributed by atoms with Crippen molar-refractivity contribution in [2.24, 2.45) is 5.92 Å². The molecule has 1 atom stereocenters. The van der Waals surface area contributed by atoms with Gasteiger partial charge in [0.2, 0.25) is 5.91 Å². The zero-order chi connectivity index (χ0) is 20.1. The number of aromatic nitrogens is 3. The molecule has 1 unspecified atom stereocenters. The third kappa shape index (κ3) is 4.74. The van der Waals surface area contributed by atoms with Gasteiger partial charge in [0.05, 0.1) is 11.4 Å². The zero-order valence-electron chi connectivity index (χ0n) is 16.5. The summed E-state index contributed by atoms with van der Waals surface area (Å²) in [6.45, 7) is 2.42. The molecule has 0 bridgehead atoms.